The van der Waals surface area contributed by atoms with Crippen LogP contribution in [0.1, 0.15) is 12.0 Å². The Hall–Kier alpha value is -3.85. The number of aromatic nitrogens is 1. The highest BCUT2D eigenvalue weighted by Crippen LogP contribution is 2.32. The van der Waals surface area contributed by atoms with Crippen LogP contribution in [0.25, 0.3) is 22.2 Å². The van der Waals surface area contributed by atoms with Crippen molar-refractivity contribution >= 4 is 38.2 Å². The quantitative estimate of drug-likeness (QED) is 0.332. The number of anilines is 2. The van der Waals surface area contributed by atoms with E-state index in [-0.39, 0.29) is 23.8 Å². The minimum Gasteiger partial charge on any atom is -0.495 e. The fourth-order valence-electron chi connectivity index (χ4n) is 3.86. The lowest BCUT2D eigenvalue weighted by molar-refractivity contribution is -0.116. The van der Waals surface area contributed by atoms with Gasteiger partial charge in [-0.05, 0) is 53.9 Å². The Balaban J connectivity index is 1.56. The first kappa shape index (κ1) is 23.3. The number of H-pyrrole nitrogens is 1. The number of carbonyl (C=O) groups is 1. The van der Waals surface area contributed by atoms with E-state index in [2.05, 4.69) is 15.0 Å². The van der Waals surface area contributed by atoms with Crippen molar-refractivity contribution in [1.82, 2.24) is 4.98 Å². The maximum atomic E-state index is 14.0. The van der Waals surface area contributed by atoms with Crippen LogP contribution in [0.3, 0.4) is 0 Å². The molecule has 7 nitrogen and oxygen atoms in total. The van der Waals surface area contributed by atoms with Crippen molar-refractivity contribution < 1.29 is 22.3 Å². The summed E-state index contributed by atoms with van der Waals surface area (Å²) in [7, 11) is -2.10. The second-order valence-electron chi connectivity index (χ2n) is 7.87. The van der Waals surface area contributed by atoms with Crippen LogP contribution in [0.4, 0.5) is 15.8 Å². The van der Waals surface area contributed by atoms with Gasteiger partial charge in [-0.25, -0.2) is 12.8 Å². The van der Waals surface area contributed by atoms with Gasteiger partial charge in [0, 0.05) is 28.7 Å². The highest BCUT2D eigenvalue weighted by atomic mass is 32.2. The van der Waals surface area contributed by atoms with Gasteiger partial charge >= 0.3 is 0 Å². The molecular formula is C25H24FN3O4S. The first-order chi connectivity index (χ1) is 16.2. The summed E-state index contributed by atoms with van der Waals surface area (Å²) in [5, 5.41) is 3.52. The van der Waals surface area contributed by atoms with Crippen LogP contribution in [-0.2, 0) is 21.2 Å². The normalized spacial score (nSPS) is 11.4. The van der Waals surface area contributed by atoms with Crippen LogP contribution in [0, 0.1) is 5.82 Å². The lowest BCUT2D eigenvalue weighted by atomic mass is 10.0. The van der Waals surface area contributed by atoms with E-state index in [1.807, 2.05) is 30.3 Å². The number of amides is 1. The van der Waals surface area contributed by atoms with Crippen LogP contribution in [0.5, 0.6) is 5.75 Å². The Kier molecular flexibility index (Phi) is 6.56. The van der Waals surface area contributed by atoms with Crippen molar-refractivity contribution in [3.05, 3.63) is 78.1 Å². The highest BCUT2D eigenvalue weighted by molar-refractivity contribution is 7.92. The molecular weight excluding hydrogens is 457 g/mol. The summed E-state index contributed by atoms with van der Waals surface area (Å²) in [4.78, 5) is 16.1. The monoisotopic (exact) mass is 481 g/mol. The number of benzene rings is 3. The number of carbonyl (C=O) groups excluding carboxylic acids is 1. The zero-order chi connectivity index (χ0) is 24.3. The van der Waals surface area contributed by atoms with Crippen LogP contribution in [-0.4, -0.2) is 32.7 Å². The predicted molar refractivity (Wildman–Crippen MR) is 132 cm³/mol. The van der Waals surface area contributed by atoms with Crippen LogP contribution in [0.2, 0.25) is 0 Å². The number of rotatable bonds is 8. The van der Waals surface area contributed by atoms with Gasteiger partial charge in [-0.2, -0.15) is 0 Å². The average molecular weight is 482 g/mol. The topological polar surface area (TPSA) is 100 Å². The van der Waals surface area contributed by atoms with Crippen molar-refractivity contribution in [3.63, 3.8) is 0 Å². The third-order valence-electron chi connectivity index (χ3n) is 5.31. The fraction of sp³-hybridized carbons (Fsp3) is 0.160. The molecule has 0 aliphatic carbocycles. The molecule has 0 bridgehead atoms. The molecule has 1 aromatic heterocycles. The van der Waals surface area contributed by atoms with Crippen LogP contribution >= 0.6 is 0 Å². The molecule has 0 aliphatic heterocycles. The van der Waals surface area contributed by atoms with E-state index in [0.29, 0.717) is 17.9 Å². The van der Waals surface area contributed by atoms with Crippen molar-refractivity contribution in [1.29, 1.82) is 0 Å². The van der Waals surface area contributed by atoms with E-state index in [4.69, 9.17) is 4.74 Å². The molecule has 0 aliphatic rings. The van der Waals surface area contributed by atoms with Gasteiger partial charge in [-0.3, -0.25) is 9.52 Å². The summed E-state index contributed by atoms with van der Waals surface area (Å²) in [6.07, 6.45) is 1.56. The van der Waals surface area contributed by atoms with Gasteiger partial charge in [-0.1, -0.05) is 30.3 Å². The van der Waals surface area contributed by atoms with E-state index in [1.54, 1.807) is 18.2 Å². The fourth-order valence-corrected chi connectivity index (χ4v) is 4.42. The molecule has 34 heavy (non-hydrogen) atoms. The second kappa shape index (κ2) is 9.56. The lowest BCUT2D eigenvalue weighted by Crippen LogP contribution is -2.14. The molecule has 176 valence electrons. The maximum Gasteiger partial charge on any atom is 0.229 e. The third-order valence-corrected chi connectivity index (χ3v) is 5.90. The molecule has 3 aromatic carbocycles. The number of ether oxygens (including phenoxy) is 1. The molecule has 1 heterocycles. The number of aryl methyl sites for hydroxylation is 1. The highest BCUT2D eigenvalue weighted by Gasteiger charge is 2.16. The van der Waals surface area contributed by atoms with Crippen molar-refractivity contribution in [2.45, 2.75) is 12.8 Å². The molecule has 4 rings (SSSR count). The summed E-state index contributed by atoms with van der Waals surface area (Å²) in [6, 6.07) is 18.9. The molecule has 0 radical (unpaired) electrons. The number of nitrogens with one attached hydrogen (secondary N) is 3. The van der Waals surface area contributed by atoms with E-state index in [9.17, 15) is 17.6 Å². The molecule has 0 spiro atoms. The van der Waals surface area contributed by atoms with E-state index >= 15 is 0 Å². The van der Waals surface area contributed by atoms with Crippen molar-refractivity contribution in [2.24, 2.45) is 0 Å². The summed E-state index contributed by atoms with van der Waals surface area (Å²) in [5.74, 6) is -0.280. The minimum absolute atomic E-state index is 0.143. The van der Waals surface area contributed by atoms with Gasteiger partial charge < -0.3 is 15.0 Å². The van der Waals surface area contributed by atoms with Crippen molar-refractivity contribution in [3.8, 4) is 17.0 Å². The number of aromatic amines is 1. The van der Waals surface area contributed by atoms with Gasteiger partial charge in [0.15, 0.2) is 0 Å². The Bertz CT molecular complexity index is 1450. The second-order valence-corrected chi connectivity index (χ2v) is 9.62. The molecule has 3 N–H and O–H groups in total. The zero-order valence-corrected chi connectivity index (χ0v) is 19.5. The first-order valence-electron chi connectivity index (χ1n) is 10.5. The molecule has 0 atom stereocenters. The largest absolute Gasteiger partial charge is 0.495 e. The Labute approximate surface area is 197 Å². The lowest BCUT2D eigenvalue weighted by Gasteiger charge is -2.12. The van der Waals surface area contributed by atoms with E-state index in [1.165, 1.54) is 25.3 Å². The number of fused-ring (bicyclic) bond motifs is 1. The van der Waals surface area contributed by atoms with Gasteiger partial charge in [0.1, 0.15) is 11.6 Å². The third kappa shape index (κ3) is 5.37. The van der Waals surface area contributed by atoms with Gasteiger partial charge in [-0.15, -0.1) is 0 Å². The minimum atomic E-state index is -3.53. The summed E-state index contributed by atoms with van der Waals surface area (Å²) >= 11 is 0. The van der Waals surface area contributed by atoms with Crippen molar-refractivity contribution in [2.75, 3.05) is 23.4 Å². The molecule has 0 saturated heterocycles. The molecule has 9 heteroatoms. The van der Waals surface area contributed by atoms with Crippen LogP contribution in [0.15, 0.2) is 66.7 Å². The molecule has 1 amide bonds. The number of halogens is 1. The van der Waals surface area contributed by atoms with E-state index < -0.39 is 10.0 Å². The number of hydrogen-bond acceptors (Lipinski definition) is 4. The molecule has 0 saturated carbocycles. The van der Waals surface area contributed by atoms with Gasteiger partial charge in [0.05, 0.1) is 19.1 Å². The first-order valence-corrected chi connectivity index (χ1v) is 12.4. The summed E-state index contributed by atoms with van der Waals surface area (Å²) in [6.45, 7) is 0. The van der Waals surface area contributed by atoms with E-state index in [0.717, 1.165) is 34.0 Å². The predicted octanol–water partition coefficient (Wildman–Crippen LogP) is 4.93. The number of sulfonamides is 1. The maximum absolute atomic E-state index is 14.0. The molecule has 0 fully saturated rings. The molecule has 0 unspecified atom stereocenters. The van der Waals surface area contributed by atoms with Gasteiger partial charge in [0.2, 0.25) is 15.9 Å². The Morgan fingerprint density at radius 1 is 1.06 bits per heavy atom. The Morgan fingerprint density at radius 2 is 1.82 bits per heavy atom. The Morgan fingerprint density at radius 3 is 2.53 bits per heavy atom. The molecule has 4 aromatic rings. The average Bonchev–Trinajstić information content (AvgIpc) is 3.15. The van der Waals surface area contributed by atoms with Gasteiger partial charge in [0.25, 0.3) is 0 Å². The smallest absolute Gasteiger partial charge is 0.229 e. The SMILES string of the molecule is COc1ccc(NC(=O)CCc2c(-c3ccccc3)[nH]c3ccc(F)cc23)cc1NS(C)(=O)=O. The standard InChI is InChI=1S/C25H24FN3O4S/c1-33-23-12-9-18(15-22(23)29-34(2,31)32)27-24(30)13-10-19-20-14-17(26)8-11-21(20)28-25(19)16-6-4-3-5-7-16/h3-9,11-12,14-15,28-29H,10,13H2,1-2H3,(H,27,30). The zero-order valence-electron chi connectivity index (χ0n) is 18.7. The summed E-state index contributed by atoms with van der Waals surface area (Å²) in [5.41, 5.74) is 4.08. The number of hydrogen-bond donors (Lipinski definition) is 3. The summed E-state index contributed by atoms with van der Waals surface area (Å²) < 4.78 is 44.8. The van der Waals surface area contributed by atoms with Crippen LogP contribution < -0.4 is 14.8 Å². The number of methoxy groups -OCH3 is 1.